The summed E-state index contributed by atoms with van der Waals surface area (Å²) >= 11 is 7.28. The standard InChI is InChI=1S/C18H16ClN3O3S/c19-14-8-4-5-9-15(14)25-12-16(23)20-18-22-21-17(26-18)10-11-24-13-6-2-1-3-7-13/h1-9H,10-12H2,(H,20,22,23). The molecular weight excluding hydrogens is 374 g/mol. The van der Waals surface area contributed by atoms with Gasteiger partial charge in [0.1, 0.15) is 16.5 Å². The Balaban J connectivity index is 1.42. The summed E-state index contributed by atoms with van der Waals surface area (Å²) in [4.78, 5) is 11.9. The third kappa shape index (κ3) is 5.44. The number of benzene rings is 2. The number of carbonyl (C=O) groups excluding carboxylic acids is 1. The van der Waals surface area contributed by atoms with E-state index >= 15 is 0 Å². The van der Waals surface area contributed by atoms with E-state index in [0.717, 1.165) is 10.8 Å². The molecule has 0 saturated heterocycles. The molecule has 0 radical (unpaired) electrons. The summed E-state index contributed by atoms with van der Waals surface area (Å²) < 4.78 is 11.0. The van der Waals surface area contributed by atoms with Crippen LogP contribution in [-0.2, 0) is 11.2 Å². The van der Waals surface area contributed by atoms with Crippen molar-refractivity contribution in [3.05, 3.63) is 64.6 Å². The highest BCUT2D eigenvalue weighted by Gasteiger charge is 2.10. The van der Waals surface area contributed by atoms with E-state index in [1.807, 2.05) is 30.3 Å². The lowest BCUT2D eigenvalue weighted by Crippen LogP contribution is -2.20. The van der Waals surface area contributed by atoms with Crippen molar-refractivity contribution in [3.8, 4) is 11.5 Å². The Kier molecular flexibility index (Phi) is 6.40. The number of hydrogen-bond acceptors (Lipinski definition) is 6. The van der Waals surface area contributed by atoms with Crippen molar-refractivity contribution < 1.29 is 14.3 Å². The highest BCUT2D eigenvalue weighted by Crippen LogP contribution is 2.23. The fourth-order valence-electron chi connectivity index (χ4n) is 2.04. The van der Waals surface area contributed by atoms with E-state index in [1.165, 1.54) is 11.3 Å². The van der Waals surface area contributed by atoms with Crippen LogP contribution in [0.25, 0.3) is 0 Å². The second-order valence-corrected chi connectivity index (χ2v) is 6.65. The second-order valence-electron chi connectivity index (χ2n) is 5.18. The second kappa shape index (κ2) is 9.17. The van der Waals surface area contributed by atoms with Gasteiger partial charge in [-0.15, -0.1) is 10.2 Å². The zero-order valence-electron chi connectivity index (χ0n) is 13.7. The van der Waals surface area contributed by atoms with Crippen LogP contribution in [0.4, 0.5) is 5.13 Å². The van der Waals surface area contributed by atoms with Crippen LogP contribution < -0.4 is 14.8 Å². The van der Waals surface area contributed by atoms with Crippen molar-refractivity contribution >= 4 is 34.0 Å². The van der Waals surface area contributed by atoms with E-state index in [4.69, 9.17) is 21.1 Å². The number of nitrogens with zero attached hydrogens (tertiary/aromatic N) is 2. The summed E-state index contributed by atoms with van der Waals surface area (Å²) in [6, 6.07) is 16.5. The van der Waals surface area contributed by atoms with Crippen molar-refractivity contribution in [3.63, 3.8) is 0 Å². The highest BCUT2D eigenvalue weighted by molar-refractivity contribution is 7.15. The van der Waals surface area contributed by atoms with Crippen LogP contribution >= 0.6 is 22.9 Å². The number of para-hydroxylation sites is 2. The van der Waals surface area contributed by atoms with E-state index in [1.54, 1.807) is 24.3 Å². The SMILES string of the molecule is O=C(COc1ccccc1Cl)Nc1nnc(CCOc2ccccc2)s1. The molecule has 0 bridgehead atoms. The van der Waals surface area contributed by atoms with Crippen LogP contribution in [0.15, 0.2) is 54.6 Å². The van der Waals surface area contributed by atoms with Gasteiger partial charge in [0.15, 0.2) is 6.61 Å². The molecule has 3 aromatic rings. The van der Waals surface area contributed by atoms with Crippen molar-refractivity contribution in [2.75, 3.05) is 18.5 Å². The number of halogens is 1. The van der Waals surface area contributed by atoms with E-state index in [9.17, 15) is 4.79 Å². The molecule has 0 aliphatic rings. The van der Waals surface area contributed by atoms with E-state index in [2.05, 4.69) is 15.5 Å². The Morgan fingerprint density at radius 3 is 2.62 bits per heavy atom. The van der Waals surface area contributed by atoms with Crippen molar-refractivity contribution in [1.29, 1.82) is 0 Å². The molecule has 2 aromatic carbocycles. The Labute approximate surface area is 159 Å². The maximum Gasteiger partial charge on any atom is 0.264 e. The molecule has 26 heavy (non-hydrogen) atoms. The van der Waals surface area contributed by atoms with Gasteiger partial charge in [-0.2, -0.15) is 0 Å². The fraction of sp³-hybridized carbons (Fsp3) is 0.167. The molecule has 0 spiro atoms. The first-order valence-electron chi connectivity index (χ1n) is 7.88. The van der Waals surface area contributed by atoms with Crippen LogP contribution in [0.5, 0.6) is 11.5 Å². The van der Waals surface area contributed by atoms with Gasteiger partial charge in [-0.3, -0.25) is 10.1 Å². The van der Waals surface area contributed by atoms with Crippen molar-refractivity contribution in [1.82, 2.24) is 10.2 Å². The minimum Gasteiger partial charge on any atom is -0.493 e. The van der Waals surface area contributed by atoms with Gasteiger partial charge in [0.05, 0.1) is 11.6 Å². The predicted molar refractivity (Wildman–Crippen MR) is 101 cm³/mol. The topological polar surface area (TPSA) is 73.3 Å². The lowest BCUT2D eigenvalue weighted by Gasteiger charge is -2.06. The van der Waals surface area contributed by atoms with Crippen molar-refractivity contribution in [2.24, 2.45) is 0 Å². The van der Waals surface area contributed by atoms with Gasteiger partial charge < -0.3 is 9.47 Å². The highest BCUT2D eigenvalue weighted by atomic mass is 35.5. The molecule has 0 saturated carbocycles. The summed E-state index contributed by atoms with van der Waals surface area (Å²) in [7, 11) is 0. The normalized spacial score (nSPS) is 10.3. The lowest BCUT2D eigenvalue weighted by molar-refractivity contribution is -0.118. The van der Waals surface area contributed by atoms with E-state index in [-0.39, 0.29) is 12.5 Å². The van der Waals surface area contributed by atoms with Gasteiger partial charge in [-0.25, -0.2) is 0 Å². The molecule has 1 N–H and O–H groups in total. The Hall–Kier alpha value is -2.64. The average molecular weight is 390 g/mol. The van der Waals surface area contributed by atoms with Gasteiger partial charge in [0.25, 0.3) is 5.91 Å². The molecule has 134 valence electrons. The van der Waals surface area contributed by atoms with Gasteiger partial charge in [-0.1, -0.05) is 53.3 Å². The van der Waals surface area contributed by atoms with Crippen LogP contribution in [0, 0.1) is 0 Å². The molecule has 0 atom stereocenters. The summed E-state index contributed by atoms with van der Waals surface area (Å²) in [5.41, 5.74) is 0. The zero-order valence-corrected chi connectivity index (χ0v) is 15.3. The van der Waals surface area contributed by atoms with Crippen LogP contribution in [0.3, 0.4) is 0 Å². The molecule has 1 amide bonds. The fourth-order valence-corrected chi connectivity index (χ4v) is 2.97. The summed E-state index contributed by atoms with van der Waals surface area (Å²) in [5, 5.41) is 12.3. The van der Waals surface area contributed by atoms with Gasteiger partial charge in [-0.05, 0) is 24.3 Å². The summed E-state index contributed by atoms with van der Waals surface area (Å²) in [5.74, 6) is 0.941. The number of ether oxygens (including phenoxy) is 2. The monoisotopic (exact) mass is 389 g/mol. The number of rotatable bonds is 8. The first kappa shape index (κ1) is 18.2. The first-order chi connectivity index (χ1) is 12.7. The molecular formula is C18H16ClN3O3S. The lowest BCUT2D eigenvalue weighted by atomic mass is 10.3. The minimum atomic E-state index is -0.326. The molecule has 3 rings (SSSR count). The number of aromatic nitrogens is 2. The Morgan fingerprint density at radius 2 is 1.81 bits per heavy atom. The predicted octanol–water partition coefficient (Wildman–Crippen LogP) is 3.83. The van der Waals surface area contributed by atoms with Gasteiger partial charge >= 0.3 is 0 Å². The van der Waals surface area contributed by atoms with Crippen molar-refractivity contribution in [2.45, 2.75) is 6.42 Å². The molecule has 0 unspecified atom stereocenters. The zero-order chi connectivity index (χ0) is 18.2. The number of nitrogens with one attached hydrogen (secondary N) is 1. The number of carbonyl (C=O) groups is 1. The minimum absolute atomic E-state index is 0.157. The maximum absolute atomic E-state index is 11.9. The maximum atomic E-state index is 11.9. The molecule has 0 aliphatic carbocycles. The van der Waals surface area contributed by atoms with E-state index in [0.29, 0.717) is 28.9 Å². The largest absolute Gasteiger partial charge is 0.493 e. The van der Waals surface area contributed by atoms with Crippen LogP contribution in [0.1, 0.15) is 5.01 Å². The van der Waals surface area contributed by atoms with Crippen LogP contribution in [-0.4, -0.2) is 29.3 Å². The Morgan fingerprint density at radius 1 is 1.04 bits per heavy atom. The first-order valence-corrected chi connectivity index (χ1v) is 9.07. The molecule has 6 nitrogen and oxygen atoms in total. The van der Waals surface area contributed by atoms with Gasteiger partial charge in [0, 0.05) is 6.42 Å². The number of anilines is 1. The smallest absolute Gasteiger partial charge is 0.264 e. The quantitative estimate of drug-likeness (QED) is 0.633. The number of amides is 1. The van der Waals surface area contributed by atoms with E-state index < -0.39 is 0 Å². The Bertz CT molecular complexity index is 858. The number of hydrogen-bond donors (Lipinski definition) is 1. The average Bonchev–Trinajstić information content (AvgIpc) is 3.09. The molecule has 8 heteroatoms. The summed E-state index contributed by atoms with van der Waals surface area (Å²) in [6.45, 7) is 0.331. The summed E-state index contributed by atoms with van der Waals surface area (Å²) in [6.07, 6.45) is 0.610. The van der Waals surface area contributed by atoms with Gasteiger partial charge in [0.2, 0.25) is 5.13 Å². The third-order valence-corrected chi connectivity index (χ3v) is 4.45. The molecule has 0 aliphatic heterocycles. The molecule has 1 aromatic heterocycles. The van der Waals surface area contributed by atoms with Crippen LogP contribution in [0.2, 0.25) is 5.02 Å². The molecule has 1 heterocycles. The third-order valence-electron chi connectivity index (χ3n) is 3.24. The molecule has 0 fully saturated rings.